The molecule has 0 amide bonds. The van der Waals surface area contributed by atoms with Crippen molar-refractivity contribution in [3.05, 3.63) is 50.8 Å². The van der Waals surface area contributed by atoms with E-state index in [1.165, 1.54) is 0 Å². The fourth-order valence-corrected chi connectivity index (χ4v) is 3.79. The second-order valence-corrected chi connectivity index (χ2v) is 6.87. The van der Waals surface area contributed by atoms with E-state index in [4.69, 9.17) is 0 Å². The molecule has 0 aliphatic heterocycles. The van der Waals surface area contributed by atoms with Gasteiger partial charge < -0.3 is 14.8 Å². The number of aliphatic hydroxyl groups excluding tert-OH is 1. The third-order valence-electron chi connectivity index (χ3n) is 4.58. The van der Waals surface area contributed by atoms with Gasteiger partial charge in [0, 0.05) is 15.4 Å². The highest BCUT2D eigenvalue weighted by Crippen LogP contribution is 2.56. The molecule has 4 rings (SSSR count). The van der Waals surface area contributed by atoms with Gasteiger partial charge in [0.15, 0.2) is 12.1 Å². The first-order chi connectivity index (χ1) is 10.9. The fourth-order valence-electron chi connectivity index (χ4n) is 3.42. The van der Waals surface area contributed by atoms with Crippen LogP contribution in [0.25, 0.3) is 10.9 Å². The number of nitrogens with zero attached hydrogens (tertiary/aromatic N) is 2. The van der Waals surface area contributed by atoms with Gasteiger partial charge in [-0.15, -0.1) is 0 Å². The lowest BCUT2D eigenvalue weighted by Crippen LogP contribution is -2.26. The summed E-state index contributed by atoms with van der Waals surface area (Å²) < 4.78 is 7.40. The van der Waals surface area contributed by atoms with Crippen LogP contribution in [0.3, 0.4) is 0 Å². The largest absolute Gasteiger partial charge is 0.438 e. The van der Waals surface area contributed by atoms with Crippen LogP contribution in [0.1, 0.15) is 31.2 Å². The first-order valence-electron chi connectivity index (χ1n) is 7.17. The molecule has 7 nitrogen and oxygen atoms in total. The number of fused-ring (bicyclic) bond motifs is 1. The van der Waals surface area contributed by atoms with Crippen molar-refractivity contribution in [1.29, 1.82) is 0 Å². The minimum absolute atomic E-state index is 0.167. The molecule has 0 saturated heterocycles. The second-order valence-electron chi connectivity index (χ2n) is 5.95. The Balaban J connectivity index is 2.04. The van der Waals surface area contributed by atoms with Crippen molar-refractivity contribution in [3.63, 3.8) is 0 Å². The quantitative estimate of drug-likeness (QED) is 0.602. The minimum atomic E-state index is -1.63. The molecule has 120 valence electrons. The number of hydrogen-bond donors (Lipinski definition) is 3. The van der Waals surface area contributed by atoms with Crippen LogP contribution in [-0.4, -0.2) is 24.9 Å². The molecule has 2 heterocycles. The zero-order valence-electron chi connectivity index (χ0n) is 12.2. The Morgan fingerprint density at radius 2 is 2.22 bits per heavy atom. The van der Waals surface area contributed by atoms with Gasteiger partial charge in [-0.25, -0.2) is 4.79 Å². The molecular formula is C15H14BrN3O4. The van der Waals surface area contributed by atoms with Gasteiger partial charge in [-0.3, -0.25) is 9.51 Å². The summed E-state index contributed by atoms with van der Waals surface area (Å²) in [5.41, 5.74) is 0.552. The first-order valence-corrected chi connectivity index (χ1v) is 7.97. The molecule has 0 spiro atoms. The lowest BCUT2D eigenvalue weighted by atomic mass is 10.1. The van der Waals surface area contributed by atoms with E-state index < -0.39 is 17.6 Å². The van der Waals surface area contributed by atoms with Gasteiger partial charge in [0.1, 0.15) is 5.54 Å². The number of H-pyrrole nitrogens is 1. The molecule has 0 radical (unpaired) electrons. The Bertz CT molecular complexity index is 957. The number of rotatable bonds is 3. The van der Waals surface area contributed by atoms with Gasteiger partial charge >= 0.3 is 5.76 Å². The van der Waals surface area contributed by atoms with Gasteiger partial charge in [0.05, 0.1) is 5.69 Å². The average molecular weight is 380 g/mol. The topological polar surface area (TPSA) is 104 Å². The van der Waals surface area contributed by atoms with Gasteiger partial charge in [-0.2, -0.15) is 0 Å². The highest BCUT2D eigenvalue weighted by atomic mass is 79.9. The monoisotopic (exact) mass is 379 g/mol. The van der Waals surface area contributed by atoms with Crippen molar-refractivity contribution in [2.24, 2.45) is 5.92 Å². The number of nitrogens with one attached hydrogen (secondary N) is 1. The smallest absolute Gasteiger partial charge is 0.363 e. The van der Waals surface area contributed by atoms with E-state index in [1.54, 1.807) is 6.07 Å². The predicted octanol–water partition coefficient (Wildman–Crippen LogP) is 1.85. The summed E-state index contributed by atoms with van der Waals surface area (Å²) in [6, 6.07) is 7.43. The van der Waals surface area contributed by atoms with Crippen LogP contribution < -0.4 is 5.76 Å². The summed E-state index contributed by atoms with van der Waals surface area (Å²) in [6.45, 7) is 2.02. The Morgan fingerprint density at radius 1 is 1.48 bits per heavy atom. The summed E-state index contributed by atoms with van der Waals surface area (Å²) in [5.74, 6) is -0.0545. The van der Waals surface area contributed by atoms with E-state index in [-0.39, 0.29) is 5.92 Å². The third kappa shape index (κ3) is 2.02. The van der Waals surface area contributed by atoms with Crippen molar-refractivity contribution < 1.29 is 14.7 Å². The van der Waals surface area contributed by atoms with Crippen LogP contribution >= 0.6 is 15.9 Å². The van der Waals surface area contributed by atoms with Crippen LogP contribution in [0.15, 0.2) is 38.1 Å². The molecule has 1 aliphatic carbocycles. The standard InChI is InChI=1S/C15H14BrN3O4/c1-7-6-15(7,13-17-14(22)23-18-13)19-10-3-2-9(16)4-8(10)5-11(19)12(20)21/h2-5,7,12,20-21H,6H2,1H3,(H,17,18,22)/t7-,15-/m0/s1. The number of aromatic amines is 1. The Labute approximate surface area is 138 Å². The van der Waals surface area contributed by atoms with Gasteiger partial charge in [0.25, 0.3) is 0 Å². The molecule has 3 aromatic rings. The Kier molecular flexibility index (Phi) is 3.06. The lowest BCUT2D eigenvalue weighted by Gasteiger charge is -2.21. The molecule has 0 unspecified atom stereocenters. The van der Waals surface area contributed by atoms with Gasteiger partial charge in [0.2, 0.25) is 0 Å². The molecule has 1 aliphatic rings. The van der Waals surface area contributed by atoms with Gasteiger partial charge in [-0.05, 0) is 36.6 Å². The molecule has 2 aromatic heterocycles. The predicted molar refractivity (Wildman–Crippen MR) is 84.8 cm³/mol. The van der Waals surface area contributed by atoms with Crippen molar-refractivity contribution in [3.8, 4) is 0 Å². The lowest BCUT2D eigenvalue weighted by molar-refractivity contribution is -0.0490. The number of benzene rings is 1. The Morgan fingerprint density at radius 3 is 2.78 bits per heavy atom. The van der Waals surface area contributed by atoms with Crippen LogP contribution in [-0.2, 0) is 5.54 Å². The normalized spacial score (nSPS) is 23.8. The number of aliphatic hydroxyl groups is 2. The van der Waals surface area contributed by atoms with E-state index in [9.17, 15) is 15.0 Å². The van der Waals surface area contributed by atoms with Crippen LogP contribution in [0, 0.1) is 5.92 Å². The molecule has 3 N–H and O–H groups in total. The summed E-state index contributed by atoms with van der Waals surface area (Å²) in [7, 11) is 0. The maximum Gasteiger partial charge on any atom is 0.438 e. The maximum absolute atomic E-state index is 11.4. The number of hydrogen-bond acceptors (Lipinski definition) is 5. The maximum atomic E-state index is 11.4. The van der Waals surface area contributed by atoms with E-state index in [0.29, 0.717) is 11.5 Å². The van der Waals surface area contributed by atoms with Crippen molar-refractivity contribution in [2.45, 2.75) is 25.2 Å². The van der Waals surface area contributed by atoms with E-state index in [0.717, 1.165) is 21.8 Å². The van der Waals surface area contributed by atoms with Gasteiger partial charge in [-0.1, -0.05) is 28.0 Å². The third-order valence-corrected chi connectivity index (χ3v) is 5.07. The van der Waals surface area contributed by atoms with Crippen molar-refractivity contribution in [1.82, 2.24) is 14.7 Å². The van der Waals surface area contributed by atoms with E-state index in [1.807, 2.05) is 29.7 Å². The van der Waals surface area contributed by atoms with Crippen LogP contribution in [0.5, 0.6) is 0 Å². The highest BCUT2D eigenvalue weighted by Gasteiger charge is 2.58. The molecule has 23 heavy (non-hydrogen) atoms. The van der Waals surface area contributed by atoms with E-state index >= 15 is 0 Å². The van der Waals surface area contributed by atoms with Crippen LogP contribution in [0.2, 0.25) is 0 Å². The fraction of sp³-hybridized carbons (Fsp3) is 0.333. The molecule has 8 heteroatoms. The SMILES string of the molecule is C[C@H]1C[C@]1(c1noc(=O)[nH]1)n1c(C(O)O)cc2cc(Br)ccc21. The average Bonchev–Trinajstić information content (AvgIpc) is 2.87. The highest BCUT2D eigenvalue weighted by molar-refractivity contribution is 9.10. The zero-order chi connectivity index (χ0) is 16.4. The molecular weight excluding hydrogens is 366 g/mol. The number of halogens is 1. The Hall–Kier alpha value is -1.90. The number of aromatic nitrogens is 3. The summed E-state index contributed by atoms with van der Waals surface area (Å²) in [5, 5.41) is 24.3. The van der Waals surface area contributed by atoms with Crippen molar-refractivity contribution >= 4 is 26.8 Å². The molecule has 0 bridgehead atoms. The first kappa shape index (κ1) is 14.7. The minimum Gasteiger partial charge on any atom is -0.363 e. The molecule has 1 aromatic carbocycles. The molecule has 2 atom stereocenters. The van der Waals surface area contributed by atoms with E-state index in [2.05, 4.69) is 30.6 Å². The molecule has 1 saturated carbocycles. The van der Waals surface area contributed by atoms with Crippen LogP contribution in [0.4, 0.5) is 0 Å². The zero-order valence-corrected chi connectivity index (χ0v) is 13.7. The summed E-state index contributed by atoms with van der Waals surface area (Å²) in [6.07, 6.45) is -0.917. The molecule has 1 fully saturated rings. The van der Waals surface area contributed by atoms with Crippen molar-refractivity contribution in [2.75, 3.05) is 0 Å². The summed E-state index contributed by atoms with van der Waals surface area (Å²) in [4.78, 5) is 14.0. The summed E-state index contributed by atoms with van der Waals surface area (Å²) >= 11 is 3.42. The second kappa shape index (κ2) is 4.80.